The van der Waals surface area contributed by atoms with Gasteiger partial charge in [0.25, 0.3) is 5.56 Å². The van der Waals surface area contributed by atoms with Crippen LogP contribution in [0.1, 0.15) is 11.9 Å². The summed E-state index contributed by atoms with van der Waals surface area (Å²) in [6.45, 7) is -0.910. The molecule has 2 unspecified atom stereocenters. The molecule has 1 aliphatic rings. The molecule has 1 fully saturated rings. The zero-order chi connectivity index (χ0) is 24.5. The van der Waals surface area contributed by atoms with E-state index in [0.29, 0.717) is 11.4 Å². The van der Waals surface area contributed by atoms with E-state index in [0.717, 1.165) is 27.0 Å². The minimum Gasteiger partial charge on any atom is -0.387 e. The Bertz CT molecular complexity index is 1320. The van der Waals surface area contributed by atoms with Crippen LogP contribution in [0.2, 0.25) is 0 Å². The molecule has 14 heteroatoms. The number of pyridine rings is 2. The average Bonchev–Trinajstić information content (AvgIpc) is 3.09. The molecular weight excluding hydrogens is 471 g/mol. The molecule has 0 bridgehead atoms. The number of nitrogens with zero attached hydrogens (tertiary/aromatic N) is 4. The van der Waals surface area contributed by atoms with E-state index in [9.17, 15) is 24.4 Å². The Morgan fingerprint density at radius 2 is 1.85 bits per heavy atom. The molecule has 0 radical (unpaired) electrons. The van der Waals surface area contributed by atoms with Crippen molar-refractivity contribution in [1.29, 1.82) is 0 Å². The van der Waals surface area contributed by atoms with Gasteiger partial charge in [0.15, 0.2) is 6.23 Å². The van der Waals surface area contributed by atoms with E-state index in [4.69, 9.17) is 14.5 Å². The first-order chi connectivity index (χ1) is 16.1. The van der Waals surface area contributed by atoms with Gasteiger partial charge in [0.2, 0.25) is 0 Å². The largest absolute Gasteiger partial charge is 0.469 e. The van der Waals surface area contributed by atoms with E-state index in [1.807, 2.05) is 6.07 Å². The van der Waals surface area contributed by atoms with E-state index in [1.54, 1.807) is 30.5 Å². The summed E-state index contributed by atoms with van der Waals surface area (Å²) in [7, 11) is -4.84. The highest BCUT2D eigenvalue weighted by Gasteiger charge is 2.45. The predicted molar refractivity (Wildman–Crippen MR) is 115 cm³/mol. The van der Waals surface area contributed by atoms with Crippen molar-refractivity contribution in [3.63, 3.8) is 0 Å². The lowest BCUT2D eigenvalue weighted by Gasteiger charge is -2.18. The molecule has 0 aliphatic carbocycles. The van der Waals surface area contributed by atoms with Crippen LogP contribution in [0, 0.1) is 0 Å². The second-order valence-electron chi connectivity index (χ2n) is 7.51. The minimum atomic E-state index is -4.84. The first-order valence-corrected chi connectivity index (χ1v) is 11.6. The molecule has 3 aromatic rings. The molecule has 0 spiro atoms. The molecule has 4 heterocycles. The van der Waals surface area contributed by atoms with Crippen LogP contribution < -0.4 is 11.2 Å². The van der Waals surface area contributed by atoms with E-state index in [2.05, 4.69) is 14.5 Å². The first kappa shape index (κ1) is 24.1. The molecule has 1 aliphatic heterocycles. The van der Waals surface area contributed by atoms with Crippen molar-refractivity contribution in [3.05, 3.63) is 81.5 Å². The van der Waals surface area contributed by atoms with Gasteiger partial charge in [-0.15, -0.1) is 0 Å². The molecule has 4 N–H and O–H groups in total. The number of aromatic nitrogens is 4. The van der Waals surface area contributed by atoms with Crippen LogP contribution in [-0.4, -0.2) is 64.0 Å². The Hall–Kier alpha value is -3.03. The first-order valence-electron chi connectivity index (χ1n) is 10.0. The van der Waals surface area contributed by atoms with Crippen molar-refractivity contribution in [2.24, 2.45) is 0 Å². The van der Waals surface area contributed by atoms with Crippen molar-refractivity contribution in [2.75, 3.05) is 6.61 Å². The summed E-state index contributed by atoms with van der Waals surface area (Å²) < 4.78 is 22.5. The van der Waals surface area contributed by atoms with Crippen LogP contribution in [0.25, 0.3) is 11.3 Å². The zero-order valence-corrected chi connectivity index (χ0v) is 18.4. The van der Waals surface area contributed by atoms with Gasteiger partial charge in [-0.2, -0.15) is 0 Å². The van der Waals surface area contributed by atoms with Crippen molar-refractivity contribution in [1.82, 2.24) is 19.1 Å². The van der Waals surface area contributed by atoms with Gasteiger partial charge in [0.1, 0.15) is 18.3 Å². The lowest BCUT2D eigenvalue weighted by atomic mass is 10.1. The highest BCUT2D eigenvalue weighted by molar-refractivity contribution is 7.46. The van der Waals surface area contributed by atoms with Crippen molar-refractivity contribution in [3.8, 4) is 11.3 Å². The van der Waals surface area contributed by atoms with E-state index in [1.165, 1.54) is 6.20 Å². The fourth-order valence-electron chi connectivity index (χ4n) is 3.56. The van der Waals surface area contributed by atoms with Crippen molar-refractivity contribution in [2.45, 2.75) is 31.1 Å². The molecule has 0 saturated carbocycles. The summed E-state index contributed by atoms with van der Waals surface area (Å²) in [4.78, 5) is 51.7. The molecule has 0 aromatic carbocycles. The van der Waals surface area contributed by atoms with E-state index in [-0.39, 0.29) is 6.54 Å². The standard InChI is InChI=1S/C20H21N4O9P/c25-16-5-8-23(19-18(27)17(26)15(33-19)11-32-34(29,30)31)20(28)24(16)10-13-9-12(4-7-21-13)14-3-1-2-6-22-14/h1-9,15,17-19,26-27H,10-11H2,(H2,29,30,31)/t15-,17?,18?,19-/m1/s1. The maximum Gasteiger partial charge on any atom is 0.469 e. The molecule has 180 valence electrons. The Labute approximate surface area is 191 Å². The second-order valence-corrected chi connectivity index (χ2v) is 8.75. The maximum atomic E-state index is 13.1. The van der Waals surface area contributed by atoms with Gasteiger partial charge in [-0.1, -0.05) is 6.07 Å². The normalized spacial score (nSPS) is 22.7. The topological polar surface area (TPSA) is 186 Å². The summed E-state index contributed by atoms with van der Waals surface area (Å²) in [6.07, 6.45) is -1.71. The van der Waals surface area contributed by atoms with Gasteiger partial charge in [0, 0.05) is 30.2 Å². The Balaban J connectivity index is 1.60. The van der Waals surface area contributed by atoms with Gasteiger partial charge < -0.3 is 24.7 Å². The third-order valence-electron chi connectivity index (χ3n) is 5.21. The van der Waals surface area contributed by atoms with Gasteiger partial charge >= 0.3 is 13.5 Å². The highest BCUT2D eigenvalue weighted by Crippen LogP contribution is 2.38. The van der Waals surface area contributed by atoms with Crippen LogP contribution in [-0.2, 0) is 20.4 Å². The third kappa shape index (κ3) is 5.21. The number of hydrogen-bond acceptors (Lipinski definition) is 9. The SMILES string of the molecule is O=c1ccn([C@@H]2O[C@H](COP(=O)(O)O)C(O)C2O)c(=O)n1Cc1cc(-c2ccccn2)ccn1. The van der Waals surface area contributed by atoms with Crippen LogP contribution in [0.3, 0.4) is 0 Å². The molecular formula is C20H21N4O9P. The Morgan fingerprint density at radius 1 is 1.06 bits per heavy atom. The highest BCUT2D eigenvalue weighted by atomic mass is 31.2. The van der Waals surface area contributed by atoms with Gasteiger partial charge in [-0.05, 0) is 24.3 Å². The average molecular weight is 492 g/mol. The van der Waals surface area contributed by atoms with E-state index < -0.39 is 50.2 Å². The Morgan fingerprint density at radius 3 is 2.56 bits per heavy atom. The summed E-state index contributed by atoms with van der Waals surface area (Å²) >= 11 is 0. The predicted octanol–water partition coefficient (Wildman–Crippen LogP) is -0.756. The van der Waals surface area contributed by atoms with Crippen LogP contribution >= 0.6 is 7.82 Å². The van der Waals surface area contributed by atoms with Crippen LogP contribution in [0.15, 0.2) is 64.6 Å². The minimum absolute atomic E-state index is 0.185. The van der Waals surface area contributed by atoms with Gasteiger partial charge in [-0.3, -0.25) is 28.4 Å². The smallest absolute Gasteiger partial charge is 0.387 e. The third-order valence-corrected chi connectivity index (χ3v) is 5.70. The number of rotatable bonds is 7. The fourth-order valence-corrected chi connectivity index (χ4v) is 3.90. The van der Waals surface area contributed by atoms with Crippen molar-refractivity contribution < 1.29 is 33.8 Å². The Kier molecular flexibility index (Phi) is 6.86. The number of aliphatic hydroxyl groups is 2. The summed E-state index contributed by atoms with van der Waals surface area (Å²) in [5.41, 5.74) is 0.358. The molecule has 0 amide bonds. The van der Waals surface area contributed by atoms with Gasteiger partial charge in [0.05, 0.1) is 24.5 Å². The zero-order valence-electron chi connectivity index (χ0n) is 17.5. The second kappa shape index (κ2) is 9.68. The number of aliphatic hydroxyl groups excluding tert-OH is 2. The summed E-state index contributed by atoms with van der Waals surface area (Å²) in [5, 5.41) is 20.5. The quantitative estimate of drug-likeness (QED) is 0.304. The molecule has 34 heavy (non-hydrogen) atoms. The molecule has 1 saturated heterocycles. The van der Waals surface area contributed by atoms with Crippen LogP contribution in [0.4, 0.5) is 0 Å². The monoisotopic (exact) mass is 492 g/mol. The van der Waals surface area contributed by atoms with Gasteiger partial charge in [-0.25, -0.2) is 9.36 Å². The molecule has 13 nitrogen and oxygen atoms in total. The lowest BCUT2D eigenvalue weighted by molar-refractivity contribution is -0.0548. The number of phosphoric acid groups is 1. The summed E-state index contributed by atoms with van der Waals surface area (Å²) in [5.74, 6) is 0. The van der Waals surface area contributed by atoms with Crippen molar-refractivity contribution >= 4 is 7.82 Å². The molecule has 3 aromatic heterocycles. The van der Waals surface area contributed by atoms with E-state index >= 15 is 0 Å². The lowest BCUT2D eigenvalue weighted by Crippen LogP contribution is -2.43. The maximum absolute atomic E-state index is 13.1. The number of ether oxygens (including phenoxy) is 1. The number of phosphoric ester groups is 1. The number of hydrogen-bond donors (Lipinski definition) is 4. The van der Waals surface area contributed by atoms with Crippen LogP contribution in [0.5, 0.6) is 0 Å². The molecule has 4 atom stereocenters. The fraction of sp³-hybridized carbons (Fsp3) is 0.300. The summed E-state index contributed by atoms with van der Waals surface area (Å²) in [6, 6.07) is 9.91. The molecule has 4 rings (SSSR count).